The number of hydrogen-bond donors (Lipinski definition) is 1. The first-order valence-electron chi connectivity index (χ1n) is 12.1. The van der Waals surface area contributed by atoms with Crippen molar-refractivity contribution < 1.29 is 14.3 Å². The molecule has 186 valence electrons. The van der Waals surface area contributed by atoms with Crippen molar-refractivity contribution in [3.63, 3.8) is 0 Å². The summed E-state index contributed by atoms with van der Waals surface area (Å²) in [7, 11) is 0. The van der Waals surface area contributed by atoms with Crippen LogP contribution in [0.15, 0.2) is 67.3 Å². The van der Waals surface area contributed by atoms with Crippen LogP contribution in [0.5, 0.6) is 0 Å². The molecule has 5 rings (SSSR count). The van der Waals surface area contributed by atoms with E-state index in [0.717, 1.165) is 33.5 Å². The molecule has 0 spiro atoms. The molecule has 2 atom stereocenters. The van der Waals surface area contributed by atoms with Crippen molar-refractivity contribution in [1.82, 2.24) is 19.4 Å². The molecule has 0 unspecified atom stereocenters. The van der Waals surface area contributed by atoms with Gasteiger partial charge in [0, 0.05) is 61.2 Å². The van der Waals surface area contributed by atoms with Crippen molar-refractivity contribution in [2.75, 3.05) is 18.0 Å². The lowest BCUT2D eigenvalue weighted by Crippen LogP contribution is -2.61. The Morgan fingerprint density at radius 2 is 1.81 bits per heavy atom. The van der Waals surface area contributed by atoms with Crippen molar-refractivity contribution in [1.29, 1.82) is 0 Å². The van der Waals surface area contributed by atoms with Gasteiger partial charge in [0.15, 0.2) is 0 Å². The number of fused-ring (bicyclic) bond motifs is 1. The summed E-state index contributed by atoms with van der Waals surface area (Å²) in [6.45, 7) is 8.14. The van der Waals surface area contributed by atoms with E-state index in [0.29, 0.717) is 13.1 Å². The van der Waals surface area contributed by atoms with Crippen LogP contribution in [-0.2, 0) is 4.79 Å². The summed E-state index contributed by atoms with van der Waals surface area (Å²) in [6.07, 6.45) is 7.29. The molecule has 3 aromatic heterocycles. The van der Waals surface area contributed by atoms with E-state index in [1.54, 1.807) is 29.6 Å². The predicted octanol–water partition coefficient (Wildman–Crippen LogP) is 4.42. The van der Waals surface area contributed by atoms with E-state index in [4.69, 9.17) is 4.98 Å². The van der Waals surface area contributed by atoms with Gasteiger partial charge in [0.05, 0.1) is 10.9 Å². The topological polar surface area (TPSA) is 74.5 Å². The third kappa shape index (κ3) is 4.22. The summed E-state index contributed by atoms with van der Waals surface area (Å²) in [5, 5.41) is 11.3. The SMILES string of the molecule is C[C@@H]1CN(c2nccc3c2c(-c2ccncc2)cn3-c2cccc(F)c2)[C@@H](C)CN1C(=O)C(C)(C)O. The van der Waals surface area contributed by atoms with Gasteiger partial charge >= 0.3 is 0 Å². The van der Waals surface area contributed by atoms with Gasteiger partial charge < -0.3 is 19.5 Å². The van der Waals surface area contributed by atoms with Crippen molar-refractivity contribution in [2.24, 2.45) is 0 Å². The zero-order valence-corrected chi connectivity index (χ0v) is 20.9. The Labute approximate surface area is 209 Å². The molecule has 0 saturated carbocycles. The van der Waals surface area contributed by atoms with Crippen molar-refractivity contribution in [3.8, 4) is 16.8 Å². The summed E-state index contributed by atoms with van der Waals surface area (Å²) in [4.78, 5) is 25.8. The van der Waals surface area contributed by atoms with Crippen molar-refractivity contribution in [3.05, 3.63) is 73.1 Å². The summed E-state index contributed by atoms with van der Waals surface area (Å²) in [6, 6.07) is 12.2. The lowest BCUT2D eigenvalue weighted by molar-refractivity contribution is -0.151. The quantitative estimate of drug-likeness (QED) is 0.461. The van der Waals surface area contributed by atoms with Crippen LogP contribution in [0.1, 0.15) is 27.7 Å². The monoisotopic (exact) mass is 487 g/mol. The molecule has 0 radical (unpaired) electrons. The van der Waals surface area contributed by atoms with Crippen LogP contribution in [0.25, 0.3) is 27.7 Å². The molecule has 1 amide bonds. The zero-order valence-electron chi connectivity index (χ0n) is 20.9. The molecule has 1 aromatic carbocycles. The van der Waals surface area contributed by atoms with Gasteiger partial charge in [-0.25, -0.2) is 9.37 Å². The number of hydrogen-bond acceptors (Lipinski definition) is 5. The highest BCUT2D eigenvalue weighted by Gasteiger charge is 2.38. The molecular formula is C28H30FN5O2. The molecular weight excluding hydrogens is 457 g/mol. The van der Waals surface area contributed by atoms with Crippen LogP contribution in [0.4, 0.5) is 10.2 Å². The maximum atomic E-state index is 14.1. The third-order valence-corrected chi connectivity index (χ3v) is 6.82. The van der Waals surface area contributed by atoms with E-state index >= 15 is 0 Å². The van der Waals surface area contributed by atoms with Gasteiger partial charge in [-0.15, -0.1) is 0 Å². The second-order valence-electron chi connectivity index (χ2n) is 10.0. The van der Waals surface area contributed by atoms with Crippen molar-refractivity contribution in [2.45, 2.75) is 45.4 Å². The van der Waals surface area contributed by atoms with Gasteiger partial charge in [-0.3, -0.25) is 9.78 Å². The minimum atomic E-state index is -1.43. The fourth-order valence-electron chi connectivity index (χ4n) is 5.03. The van der Waals surface area contributed by atoms with Gasteiger partial charge in [0.25, 0.3) is 5.91 Å². The van der Waals surface area contributed by atoms with Gasteiger partial charge in [0.1, 0.15) is 17.2 Å². The molecule has 1 saturated heterocycles. The Kier molecular flexibility index (Phi) is 6.00. The maximum Gasteiger partial charge on any atom is 0.254 e. The third-order valence-electron chi connectivity index (χ3n) is 6.82. The Bertz CT molecular complexity index is 1410. The predicted molar refractivity (Wildman–Crippen MR) is 139 cm³/mol. The molecule has 1 fully saturated rings. The minimum Gasteiger partial charge on any atom is -0.381 e. The lowest BCUT2D eigenvalue weighted by atomic mass is 10.0. The number of carbonyl (C=O) groups is 1. The molecule has 8 heteroatoms. The van der Waals surface area contributed by atoms with Crippen LogP contribution >= 0.6 is 0 Å². The Balaban J connectivity index is 1.65. The van der Waals surface area contributed by atoms with Crippen LogP contribution in [0, 0.1) is 5.82 Å². The largest absolute Gasteiger partial charge is 0.381 e. The van der Waals surface area contributed by atoms with Crippen LogP contribution in [-0.4, -0.2) is 61.2 Å². The molecule has 0 aliphatic carbocycles. The molecule has 1 N–H and O–H groups in total. The maximum absolute atomic E-state index is 14.1. The number of halogens is 1. The number of anilines is 1. The average molecular weight is 488 g/mol. The zero-order chi connectivity index (χ0) is 25.6. The molecule has 4 aromatic rings. The normalized spacial score (nSPS) is 18.6. The number of amides is 1. The van der Waals surface area contributed by atoms with Gasteiger partial charge in [-0.2, -0.15) is 0 Å². The molecule has 1 aliphatic rings. The summed E-state index contributed by atoms with van der Waals surface area (Å²) in [5.41, 5.74) is 2.16. The second-order valence-corrected chi connectivity index (χ2v) is 10.0. The average Bonchev–Trinajstić information content (AvgIpc) is 3.25. The van der Waals surface area contributed by atoms with Gasteiger partial charge in [-0.05, 0) is 69.7 Å². The summed E-state index contributed by atoms with van der Waals surface area (Å²) >= 11 is 0. The smallest absolute Gasteiger partial charge is 0.254 e. The number of nitrogens with zero attached hydrogens (tertiary/aromatic N) is 5. The van der Waals surface area contributed by atoms with E-state index in [1.165, 1.54) is 26.0 Å². The highest BCUT2D eigenvalue weighted by molar-refractivity contribution is 6.04. The van der Waals surface area contributed by atoms with E-state index in [-0.39, 0.29) is 23.8 Å². The number of carbonyl (C=O) groups excluding carboxylic acids is 1. The minimum absolute atomic E-state index is 0.0339. The van der Waals surface area contributed by atoms with Crippen molar-refractivity contribution >= 4 is 22.6 Å². The molecule has 4 heterocycles. The molecule has 36 heavy (non-hydrogen) atoms. The number of rotatable bonds is 4. The first-order valence-corrected chi connectivity index (χ1v) is 12.1. The standard InChI is InChI=1S/C28H30FN5O2/c1-18-16-33(27(35)28(3,4)36)19(2)15-32(18)26-25-23(20-8-11-30-12-9-20)17-34(24(25)10-13-31-26)22-7-5-6-21(29)14-22/h5-14,17-19,36H,15-16H2,1-4H3/t18-,19+/m0/s1. The van der Waals surface area contributed by atoms with Crippen LogP contribution in [0.2, 0.25) is 0 Å². The van der Waals surface area contributed by atoms with Crippen LogP contribution < -0.4 is 4.90 Å². The summed E-state index contributed by atoms with van der Waals surface area (Å²) in [5.74, 6) is 0.232. The fraction of sp³-hybridized carbons (Fsp3) is 0.321. The van der Waals surface area contributed by atoms with E-state index in [9.17, 15) is 14.3 Å². The van der Waals surface area contributed by atoms with Gasteiger partial charge in [0.2, 0.25) is 0 Å². The number of piperazine rings is 1. The Morgan fingerprint density at radius 3 is 2.50 bits per heavy atom. The lowest BCUT2D eigenvalue weighted by Gasteiger charge is -2.46. The highest BCUT2D eigenvalue weighted by atomic mass is 19.1. The molecule has 0 bridgehead atoms. The number of pyridine rings is 2. The van der Waals surface area contributed by atoms with E-state index in [1.807, 2.05) is 42.0 Å². The summed E-state index contributed by atoms with van der Waals surface area (Å²) < 4.78 is 16.1. The van der Waals surface area contributed by atoms with E-state index < -0.39 is 5.60 Å². The second kappa shape index (κ2) is 9.02. The fourth-order valence-corrected chi connectivity index (χ4v) is 5.03. The highest BCUT2D eigenvalue weighted by Crippen LogP contribution is 2.39. The Hall–Kier alpha value is -3.78. The van der Waals surface area contributed by atoms with Crippen LogP contribution in [0.3, 0.4) is 0 Å². The van der Waals surface area contributed by atoms with Gasteiger partial charge in [-0.1, -0.05) is 6.07 Å². The van der Waals surface area contributed by atoms with E-state index in [2.05, 4.69) is 16.8 Å². The first-order chi connectivity index (χ1) is 17.1. The molecule has 1 aliphatic heterocycles. The molecule has 7 nitrogen and oxygen atoms in total. The number of benzene rings is 1. The Morgan fingerprint density at radius 1 is 1.06 bits per heavy atom. The first kappa shape index (κ1) is 23.9. The number of aliphatic hydroxyl groups is 1. The number of aromatic nitrogens is 3.